The summed E-state index contributed by atoms with van der Waals surface area (Å²) in [6.07, 6.45) is 4.12. The van der Waals surface area contributed by atoms with Gasteiger partial charge in [0.05, 0.1) is 12.2 Å². The lowest BCUT2D eigenvalue weighted by molar-refractivity contribution is -0.00931. The van der Waals surface area contributed by atoms with E-state index < -0.39 is 5.60 Å². The maximum Gasteiger partial charge on any atom is 0.0954 e. The molecule has 82 valence electrons. The van der Waals surface area contributed by atoms with E-state index >= 15 is 0 Å². The van der Waals surface area contributed by atoms with Crippen LogP contribution in [-0.2, 0) is 10.3 Å². The number of hydrogen-bond acceptors (Lipinski definition) is 4. The summed E-state index contributed by atoms with van der Waals surface area (Å²) in [6.45, 7) is 3.07. The normalized spacial score (nSPS) is 25.1. The van der Waals surface area contributed by atoms with Crippen molar-refractivity contribution in [1.29, 1.82) is 0 Å². The van der Waals surface area contributed by atoms with Crippen LogP contribution in [0.4, 0.5) is 5.69 Å². The number of nitrogen functional groups attached to an aromatic ring is 1. The van der Waals surface area contributed by atoms with Gasteiger partial charge in [0, 0.05) is 36.2 Å². The summed E-state index contributed by atoms with van der Waals surface area (Å²) in [6, 6.07) is 1.71. The Morgan fingerprint density at radius 2 is 2.47 bits per heavy atom. The molecule has 1 aromatic rings. The summed E-state index contributed by atoms with van der Waals surface area (Å²) in [7, 11) is 0. The van der Waals surface area contributed by atoms with E-state index in [-0.39, 0.29) is 5.92 Å². The zero-order valence-corrected chi connectivity index (χ0v) is 8.81. The molecule has 0 aliphatic carbocycles. The molecule has 0 bridgehead atoms. The molecule has 1 aliphatic rings. The first-order valence-corrected chi connectivity index (χ1v) is 5.12. The molecule has 2 unspecified atom stereocenters. The smallest absolute Gasteiger partial charge is 0.0954 e. The molecule has 0 spiro atoms. The predicted molar refractivity (Wildman–Crippen MR) is 57.1 cm³/mol. The molecule has 15 heavy (non-hydrogen) atoms. The molecular formula is C11H16N2O2. The molecule has 4 nitrogen and oxygen atoms in total. The number of ether oxygens (including phenoxy) is 1. The van der Waals surface area contributed by atoms with Crippen molar-refractivity contribution in [3.63, 3.8) is 0 Å². The Hall–Kier alpha value is -1.13. The molecule has 4 heteroatoms. The largest absolute Gasteiger partial charge is 0.398 e. The molecule has 1 aliphatic heterocycles. The second kappa shape index (κ2) is 3.79. The fourth-order valence-corrected chi connectivity index (χ4v) is 2.03. The van der Waals surface area contributed by atoms with Crippen molar-refractivity contribution in [2.24, 2.45) is 5.92 Å². The van der Waals surface area contributed by atoms with Gasteiger partial charge in [0.25, 0.3) is 0 Å². The number of hydrogen-bond donors (Lipinski definition) is 2. The Balaban J connectivity index is 2.31. The van der Waals surface area contributed by atoms with E-state index in [9.17, 15) is 5.11 Å². The van der Waals surface area contributed by atoms with E-state index in [1.165, 1.54) is 0 Å². The average Bonchev–Trinajstić information content (AvgIpc) is 2.71. The van der Waals surface area contributed by atoms with Gasteiger partial charge in [-0.15, -0.1) is 0 Å². The number of nitrogens with two attached hydrogens (primary N) is 1. The zero-order valence-electron chi connectivity index (χ0n) is 8.81. The van der Waals surface area contributed by atoms with Gasteiger partial charge in [0.2, 0.25) is 0 Å². The molecule has 3 N–H and O–H groups in total. The first-order valence-electron chi connectivity index (χ1n) is 5.12. The van der Waals surface area contributed by atoms with Crippen molar-refractivity contribution < 1.29 is 9.84 Å². The van der Waals surface area contributed by atoms with Crippen LogP contribution in [0.15, 0.2) is 18.5 Å². The summed E-state index contributed by atoms with van der Waals surface area (Å²) in [5.74, 6) is 0.101. The van der Waals surface area contributed by atoms with Crippen LogP contribution in [0, 0.1) is 5.92 Å². The van der Waals surface area contributed by atoms with Crippen molar-refractivity contribution in [2.45, 2.75) is 18.9 Å². The Kier molecular flexibility index (Phi) is 2.63. The molecule has 1 fully saturated rings. The van der Waals surface area contributed by atoms with Crippen molar-refractivity contribution in [2.75, 3.05) is 18.9 Å². The van der Waals surface area contributed by atoms with Gasteiger partial charge in [-0.2, -0.15) is 0 Å². The standard InChI is InChI=1S/C11H16N2O2/c1-11(14,8-3-5-15-7-8)9-6-13-4-2-10(9)12/h2,4,6,8,14H,3,5,7H2,1H3,(H2,12,13). The Morgan fingerprint density at radius 1 is 1.67 bits per heavy atom. The number of rotatable bonds is 2. The van der Waals surface area contributed by atoms with Crippen molar-refractivity contribution in [3.8, 4) is 0 Å². The third-order valence-corrected chi connectivity index (χ3v) is 3.12. The first kappa shape index (κ1) is 10.4. The lowest BCUT2D eigenvalue weighted by Crippen LogP contribution is -2.33. The third kappa shape index (κ3) is 1.82. The van der Waals surface area contributed by atoms with Gasteiger partial charge in [-0.1, -0.05) is 0 Å². The van der Waals surface area contributed by atoms with E-state index in [0.29, 0.717) is 24.5 Å². The molecule has 1 aromatic heterocycles. The fraction of sp³-hybridized carbons (Fsp3) is 0.545. The molecule has 0 aromatic carbocycles. The Bertz CT molecular complexity index is 346. The second-order valence-corrected chi connectivity index (χ2v) is 4.17. The van der Waals surface area contributed by atoms with Gasteiger partial charge in [-0.25, -0.2) is 0 Å². The topological polar surface area (TPSA) is 68.4 Å². The Labute approximate surface area is 89.1 Å². The molecular weight excluding hydrogens is 192 g/mol. The number of anilines is 1. The maximum absolute atomic E-state index is 10.5. The van der Waals surface area contributed by atoms with Gasteiger partial charge in [-0.3, -0.25) is 4.98 Å². The number of aromatic nitrogens is 1. The van der Waals surface area contributed by atoms with Crippen LogP contribution >= 0.6 is 0 Å². The van der Waals surface area contributed by atoms with Gasteiger partial charge in [0.15, 0.2) is 0 Å². The summed E-state index contributed by atoms with van der Waals surface area (Å²) in [5.41, 5.74) is 6.16. The van der Waals surface area contributed by atoms with Crippen LogP contribution in [0.25, 0.3) is 0 Å². The lowest BCUT2D eigenvalue weighted by Gasteiger charge is -2.30. The molecule has 0 amide bonds. The van der Waals surface area contributed by atoms with E-state index in [2.05, 4.69) is 4.98 Å². The van der Waals surface area contributed by atoms with Crippen LogP contribution in [0.2, 0.25) is 0 Å². The maximum atomic E-state index is 10.5. The van der Waals surface area contributed by atoms with Crippen LogP contribution in [0.5, 0.6) is 0 Å². The molecule has 1 saturated heterocycles. The van der Waals surface area contributed by atoms with Crippen molar-refractivity contribution in [3.05, 3.63) is 24.0 Å². The van der Waals surface area contributed by atoms with Crippen molar-refractivity contribution in [1.82, 2.24) is 4.98 Å². The predicted octanol–water partition coefficient (Wildman–Crippen LogP) is 0.908. The van der Waals surface area contributed by atoms with Crippen molar-refractivity contribution >= 4 is 5.69 Å². The minimum absolute atomic E-state index is 0.101. The minimum Gasteiger partial charge on any atom is -0.398 e. The molecule has 2 atom stereocenters. The first-order chi connectivity index (χ1) is 7.12. The lowest BCUT2D eigenvalue weighted by atomic mass is 9.82. The Morgan fingerprint density at radius 3 is 3.07 bits per heavy atom. The quantitative estimate of drug-likeness (QED) is 0.758. The third-order valence-electron chi connectivity index (χ3n) is 3.12. The average molecular weight is 208 g/mol. The van der Waals surface area contributed by atoms with Gasteiger partial charge >= 0.3 is 0 Å². The van der Waals surface area contributed by atoms with E-state index in [0.717, 1.165) is 6.42 Å². The summed E-state index contributed by atoms with van der Waals surface area (Å²) < 4.78 is 5.28. The van der Waals surface area contributed by atoms with Gasteiger partial charge in [0.1, 0.15) is 0 Å². The summed E-state index contributed by atoms with van der Waals surface area (Å²) >= 11 is 0. The highest BCUT2D eigenvalue weighted by molar-refractivity contribution is 5.47. The van der Waals surface area contributed by atoms with Crippen LogP contribution in [-0.4, -0.2) is 23.3 Å². The fourth-order valence-electron chi connectivity index (χ4n) is 2.03. The van der Waals surface area contributed by atoms with Gasteiger partial charge in [-0.05, 0) is 19.4 Å². The second-order valence-electron chi connectivity index (χ2n) is 4.17. The molecule has 0 radical (unpaired) electrons. The highest BCUT2D eigenvalue weighted by atomic mass is 16.5. The SMILES string of the molecule is CC(O)(c1cnccc1N)C1CCOC1. The van der Waals surface area contributed by atoms with E-state index in [1.54, 1.807) is 25.4 Å². The molecule has 2 rings (SSSR count). The highest BCUT2D eigenvalue weighted by Gasteiger charge is 2.37. The number of aliphatic hydroxyl groups is 1. The van der Waals surface area contributed by atoms with Crippen LogP contribution in [0.3, 0.4) is 0 Å². The monoisotopic (exact) mass is 208 g/mol. The summed E-state index contributed by atoms with van der Waals surface area (Å²) in [4.78, 5) is 4.00. The zero-order chi connectivity index (χ0) is 10.9. The van der Waals surface area contributed by atoms with Crippen LogP contribution in [0.1, 0.15) is 18.9 Å². The highest BCUT2D eigenvalue weighted by Crippen LogP contribution is 2.36. The number of pyridine rings is 1. The minimum atomic E-state index is -0.950. The van der Waals surface area contributed by atoms with Crippen LogP contribution < -0.4 is 5.73 Å². The molecule has 0 saturated carbocycles. The summed E-state index contributed by atoms with van der Waals surface area (Å²) in [5, 5.41) is 10.5. The van der Waals surface area contributed by atoms with Gasteiger partial charge < -0.3 is 15.6 Å². The molecule has 2 heterocycles. The number of nitrogens with zero attached hydrogens (tertiary/aromatic N) is 1. The van der Waals surface area contributed by atoms with E-state index in [4.69, 9.17) is 10.5 Å². The van der Waals surface area contributed by atoms with E-state index in [1.807, 2.05) is 0 Å².